The van der Waals surface area contributed by atoms with Crippen LogP contribution in [-0.4, -0.2) is 9.97 Å². The number of nitrogens with zero attached hydrogens (tertiary/aromatic N) is 1. The molecule has 0 saturated carbocycles. The molecule has 17 heavy (non-hydrogen) atoms. The van der Waals surface area contributed by atoms with E-state index in [4.69, 9.17) is 0 Å². The van der Waals surface area contributed by atoms with Crippen LogP contribution in [0.3, 0.4) is 0 Å². The van der Waals surface area contributed by atoms with Crippen LogP contribution in [0.25, 0.3) is 11.3 Å². The van der Waals surface area contributed by atoms with Crippen LogP contribution < -0.4 is 0 Å². The van der Waals surface area contributed by atoms with Gasteiger partial charge in [-0.3, -0.25) is 0 Å². The van der Waals surface area contributed by atoms with Crippen LogP contribution in [0.4, 0.5) is 0 Å². The fraction of sp³-hybridized carbons (Fsp3) is 0.400. The van der Waals surface area contributed by atoms with Crippen molar-refractivity contribution in [2.24, 2.45) is 0 Å². The van der Waals surface area contributed by atoms with Crippen LogP contribution in [0.1, 0.15) is 39.1 Å². The number of hydrogen-bond donors (Lipinski definition) is 1. The smallest absolute Gasteiger partial charge is 0.106 e. The van der Waals surface area contributed by atoms with Crippen LogP contribution in [-0.2, 0) is 11.8 Å². The summed E-state index contributed by atoms with van der Waals surface area (Å²) >= 11 is 0. The molecule has 1 heterocycles. The van der Waals surface area contributed by atoms with Crippen LogP contribution in [0.15, 0.2) is 30.5 Å². The van der Waals surface area contributed by atoms with Gasteiger partial charge in [-0.2, -0.15) is 0 Å². The van der Waals surface area contributed by atoms with E-state index in [-0.39, 0.29) is 5.41 Å². The Labute approximate surface area is 103 Å². The summed E-state index contributed by atoms with van der Waals surface area (Å²) in [6, 6.07) is 8.66. The zero-order valence-electron chi connectivity index (χ0n) is 11.0. The Morgan fingerprint density at radius 1 is 1.24 bits per heavy atom. The monoisotopic (exact) mass is 228 g/mol. The Hall–Kier alpha value is -1.57. The predicted octanol–water partition coefficient (Wildman–Crippen LogP) is 3.94. The molecule has 0 saturated heterocycles. The summed E-state index contributed by atoms with van der Waals surface area (Å²) in [5, 5.41) is 0. The van der Waals surface area contributed by atoms with Crippen LogP contribution >= 0.6 is 0 Å². The largest absolute Gasteiger partial charge is 0.342 e. The highest BCUT2D eigenvalue weighted by Crippen LogP contribution is 2.26. The summed E-state index contributed by atoms with van der Waals surface area (Å²) in [5.41, 5.74) is 3.85. The zero-order chi connectivity index (χ0) is 12.5. The molecule has 0 spiro atoms. The van der Waals surface area contributed by atoms with E-state index >= 15 is 0 Å². The number of benzene rings is 1. The summed E-state index contributed by atoms with van der Waals surface area (Å²) in [5.74, 6) is 1.04. The second-order valence-electron chi connectivity index (χ2n) is 5.43. The third-order valence-electron chi connectivity index (χ3n) is 3.00. The molecule has 0 amide bonds. The molecule has 0 fully saturated rings. The number of hydrogen-bond acceptors (Lipinski definition) is 1. The van der Waals surface area contributed by atoms with Crippen LogP contribution in [0.2, 0.25) is 0 Å². The Kier molecular flexibility index (Phi) is 3.05. The molecule has 90 valence electrons. The molecular formula is C15H20N2. The number of H-pyrrole nitrogens is 1. The minimum atomic E-state index is 0.184. The van der Waals surface area contributed by atoms with Crippen molar-refractivity contribution < 1.29 is 0 Å². The predicted molar refractivity (Wildman–Crippen MR) is 72.1 cm³/mol. The van der Waals surface area contributed by atoms with Gasteiger partial charge < -0.3 is 4.98 Å². The topological polar surface area (TPSA) is 28.7 Å². The van der Waals surface area contributed by atoms with Gasteiger partial charge in [0.15, 0.2) is 0 Å². The van der Waals surface area contributed by atoms with Crippen molar-refractivity contribution in [1.29, 1.82) is 0 Å². The molecule has 0 aliphatic carbocycles. The average Bonchev–Trinajstić information content (AvgIpc) is 2.76. The van der Waals surface area contributed by atoms with Gasteiger partial charge in [0.1, 0.15) is 5.82 Å². The van der Waals surface area contributed by atoms with Crippen LogP contribution in [0, 0.1) is 0 Å². The van der Waals surface area contributed by atoms with Gasteiger partial charge in [0, 0.05) is 6.42 Å². The van der Waals surface area contributed by atoms with Crippen molar-refractivity contribution in [3.8, 4) is 11.3 Å². The van der Waals surface area contributed by atoms with Gasteiger partial charge in [-0.1, -0.05) is 45.9 Å². The average molecular weight is 228 g/mol. The van der Waals surface area contributed by atoms with Gasteiger partial charge in [0.2, 0.25) is 0 Å². The molecule has 0 unspecified atom stereocenters. The fourth-order valence-electron chi connectivity index (χ4n) is 1.84. The molecule has 2 rings (SSSR count). The molecule has 2 nitrogen and oxygen atoms in total. The normalized spacial score (nSPS) is 11.8. The number of aryl methyl sites for hydroxylation is 1. The van der Waals surface area contributed by atoms with Crippen molar-refractivity contribution >= 4 is 0 Å². The van der Waals surface area contributed by atoms with E-state index in [1.54, 1.807) is 0 Å². The molecule has 2 heteroatoms. The summed E-state index contributed by atoms with van der Waals surface area (Å²) < 4.78 is 0. The number of aromatic amines is 1. The van der Waals surface area contributed by atoms with Gasteiger partial charge in [-0.25, -0.2) is 4.98 Å². The molecule has 0 radical (unpaired) electrons. The zero-order valence-corrected chi connectivity index (χ0v) is 11.0. The van der Waals surface area contributed by atoms with Crippen molar-refractivity contribution in [1.82, 2.24) is 9.97 Å². The number of rotatable bonds is 2. The molecule has 0 atom stereocenters. The molecule has 0 bridgehead atoms. The van der Waals surface area contributed by atoms with Gasteiger partial charge in [-0.15, -0.1) is 0 Å². The SMILES string of the molecule is CCc1ncc(-c2cccc(C(C)(C)C)c2)[nH]1. The number of imidazole rings is 1. The first-order chi connectivity index (χ1) is 8.00. The third-order valence-corrected chi connectivity index (χ3v) is 3.00. The lowest BCUT2D eigenvalue weighted by molar-refractivity contribution is 0.590. The van der Waals surface area contributed by atoms with Gasteiger partial charge >= 0.3 is 0 Å². The lowest BCUT2D eigenvalue weighted by Gasteiger charge is -2.19. The molecule has 0 aliphatic rings. The summed E-state index contributed by atoms with van der Waals surface area (Å²) in [7, 11) is 0. The number of nitrogens with one attached hydrogen (secondary N) is 1. The molecular weight excluding hydrogens is 208 g/mol. The highest BCUT2D eigenvalue weighted by molar-refractivity contribution is 5.60. The summed E-state index contributed by atoms with van der Waals surface area (Å²) in [6.45, 7) is 8.80. The first kappa shape index (κ1) is 11.9. The van der Waals surface area contributed by atoms with E-state index in [1.165, 1.54) is 11.1 Å². The Bertz CT molecular complexity index is 504. The van der Waals surface area contributed by atoms with Gasteiger partial charge in [0.05, 0.1) is 11.9 Å². The van der Waals surface area contributed by atoms with Crippen LogP contribution in [0.5, 0.6) is 0 Å². The highest BCUT2D eigenvalue weighted by Gasteiger charge is 2.14. The lowest BCUT2D eigenvalue weighted by Crippen LogP contribution is -2.10. The lowest BCUT2D eigenvalue weighted by atomic mass is 9.86. The van der Waals surface area contributed by atoms with Crippen molar-refractivity contribution in [3.05, 3.63) is 41.9 Å². The molecule has 1 N–H and O–H groups in total. The summed E-state index contributed by atoms with van der Waals surface area (Å²) in [6.07, 6.45) is 2.86. The fourth-order valence-corrected chi connectivity index (χ4v) is 1.84. The van der Waals surface area contributed by atoms with E-state index < -0.39 is 0 Å². The maximum atomic E-state index is 4.35. The second kappa shape index (κ2) is 4.36. The third kappa shape index (κ3) is 2.57. The Morgan fingerprint density at radius 3 is 2.59 bits per heavy atom. The highest BCUT2D eigenvalue weighted by atomic mass is 14.9. The maximum Gasteiger partial charge on any atom is 0.106 e. The number of aromatic nitrogens is 2. The first-order valence-corrected chi connectivity index (χ1v) is 6.15. The molecule has 1 aromatic carbocycles. The van der Waals surface area contributed by atoms with E-state index in [0.29, 0.717) is 0 Å². The standard InChI is InChI=1S/C15H20N2/c1-5-14-16-10-13(17-14)11-7-6-8-12(9-11)15(2,3)4/h6-10H,5H2,1-4H3,(H,16,17). The Balaban J connectivity index is 2.39. The van der Waals surface area contributed by atoms with Crippen molar-refractivity contribution in [2.75, 3.05) is 0 Å². The minimum Gasteiger partial charge on any atom is -0.342 e. The molecule has 2 aromatic rings. The minimum absolute atomic E-state index is 0.184. The van der Waals surface area contributed by atoms with E-state index in [0.717, 1.165) is 17.9 Å². The Morgan fingerprint density at radius 2 is 2.00 bits per heavy atom. The molecule has 1 aromatic heterocycles. The second-order valence-corrected chi connectivity index (χ2v) is 5.43. The van der Waals surface area contributed by atoms with Gasteiger partial charge in [-0.05, 0) is 22.6 Å². The molecule has 0 aliphatic heterocycles. The van der Waals surface area contributed by atoms with E-state index in [2.05, 4.69) is 61.9 Å². The van der Waals surface area contributed by atoms with E-state index in [1.807, 2.05) is 6.20 Å². The maximum absolute atomic E-state index is 4.35. The van der Waals surface area contributed by atoms with Crippen molar-refractivity contribution in [3.63, 3.8) is 0 Å². The first-order valence-electron chi connectivity index (χ1n) is 6.15. The quantitative estimate of drug-likeness (QED) is 0.828. The van der Waals surface area contributed by atoms with Crippen molar-refractivity contribution in [2.45, 2.75) is 39.5 Å². The summed E-state index contributed by atoms with van der Waals surface area (Å²) in [4.78, 5) is 7.69. The van der Waals surface area contributed by atoms with Gasteiger partial charge in [0.25, 0.3) is 0 Å². The van der Waals surface area contributed by atoms with E-state index in [9.17, 15) is 0 Å².